The number of hydrogen-bond acceptors (Lipinski definition) is 3. The summed E-state index contributed by atoms with van der Waals surface area (Å²) in [5, 5.41) is 6.74. The third kappa shape index (κ3) is 3.90. The summed E-state index contributed by atoms with van der Waals surface area (Å²) in [5.41, 5.74) is 2.18. The van der Waals surface area contributed by atoms with Gasteiger partial charge in [-0.2, -0.15) is 0 Å². The van der Waals surface area contributed by atoms with Gasteiger partial charge in [0.05, 0.1) is 5.71 Å². The van der Waals surface area contributed by atoms with Crippen molar-refractivity contribution in [2.24, 2.45) is 5.16 Å². The molecular weight excluding hydrogens is 228 g/mol. The van der Waals surface area contributed by atoms with Gasteiger partial charge in [0.25, 0.3) is 0 Å². The number of carbonyl (C=O) groups excluding carboxylic acids is 1. The lowest BCUT2D eigenvalue weighted by Gasteiger charge is -2.06. The maximum absolute atomic E-state index is 11.3. The quantitative estimate of drug-likeness (QED) is 0.488. The molecular formula is C11H13ClN2O2. The van der Waals surface area contributed by atoms with E-state index in [1.807, 2.05) is 6.92 Å². The van der Waals surface area contributed by atoms with Crippen molar-refractivity contribution in [1.29, 1.82) is 0 Å². The highest BCUT2D eigenvalue weighted by Crippen LogP contribution is 2.19. The third-order valence-corrected chi connectivity index (χ3v) is 1.97. The number of halogens is 1. The molecule has 0 spiro atoms. The van der Waals surface area contributed by atoms with E-state index in [1.54, 1.807) is 32.0 Å². The van der Waals surface area contributed by atoms with Crippen LogP contribution in [0.5, 0.6) is 0 Å². The van der Waals surface area contributed by atoms with Gasteiger partial charge in [-0.15, -0.1) is 0 Å². The molecule has 5 heteroatoms. The van der Waals surface area contributed by atoms with Gasteiger partial charge >= 0.3 is 6.09 Å². The van der Waals surface area contributed by atoms with Crippen molar-refractivity contribution in [1.82, 2.24) is 0 Å². The number of benzene rings is 1. The first-order chi connectivity index (χ1) is 7.49. The molecule has 0 saturated heterocycles. The van der Waals surface area contributed by atoms with E-state index in [0.29, 0.717) is 16.4 Å². The van der Waals surface area contributed by atoms with Crippen LogP contribution in [-0.4, -0.2) is 11.8 Å². The average molecular weight is 241 g/mol. The molecule has 0 fully saturated rings. The van der Waals surface area contributed by atoms with Crippen LogP contribution in [0, 0.1) is 6.92 Å². The second-order valence-electron chi connectivity index (χ2n) is 3.50. The highest BCUT2D eigenvalue weighted by Gasteiger charge is 2.05. The second-order valence-corrected chi connectivity index (χ2v) is 3.94. The summed E-state index contributed by atoms with van der Waals surface area (Å²) in [6.45, 7) is 5.32. The monoisotopic (exact) mass is 240 g/mol. The molecule has 1 aromatic carbocycles. The zero-order chi connectivity index (χ0) is 12.1. The molecule has 0 heterocycles. The van der Waals surface area contributed by atoms with Crippen molar-refractivity contribution in [2.75, 3.05) is 5.32 Å². The van der Waals surface area contributed by atoms with Gasteiger partial charge in [0.15, 0.2) is 0 Å². The maximum Gasteiger partial charge on any atom is 0.437 e. The summed E-state index contributed by atoms with van der Waals surface area (Å²) in [4.78, 5) is 15.9. The lowest BCUT2D eigenvalue weighted by atomic mass is 10.2. The van der Waals surface area contributed by atoms with Crippen LogP contribution in [0.25, 0.3) is 0 Å². The van der Waals surface area contributed by atoms with Crippen molar-refractivity contribution in [3.63, 3.8) is 0 Å². The Balaban J connectivity index is 2.66. The minimum atomic E-state index is -0.619. The maximum atomic E-state index is 11.3. The summed E-state index contributed by atoms with van der Waals surface area (Å²) < 4.78 is 0. The summed E-state index contributed by atoms with van der Waals surface area (Å²) >= 11 is 5.79. The van der Waals surface area contributed by atoms with Gasteiger partial charge in [-0.3, -0.25) is 10.2 Å². The summed E-state index contributed by atoms with van der Waals surface area (Å²) in [6.07, 6.45) is -0.619. The fourth-order valence-corrected chi connectivity index (χ4v) is 1.26. The molecule has 0 aliphatic heterocycles. The number of nitrogens with one attached hydrogen (secondary N) is 1. The summed E-state index contributed by atoms with van der Waals surface area (Å²) in [5.74, 6) is 0. The minimum Gasteiger partial charge on any atom is -0.298 e. The molecule has 1 N–H and O–H groups in total. The van der Waals surface area contributed by atoms with Gasteiger partial charge < -0.3 is 0 Å². The molecule has 16 heavy (non-hydrogen) atoms. The van der Waals surface area contributed by atoms with Crippen LogP contribution in [0.2, 0.25) is 5.02 Å². The average Bonchev–Trinajstić information content (AvgIpc) is 2.19. The number of aryl methyl sites for hydroxylation is 1. The fraction of sp³-hybridized carbons (Fsp3) is 0.273. The van der Waals surface area contributed by atoms with Crippen molar-refractivity contribution < 1.29 is 9.63 Å². The molecule has 0 aliphatic carbocycles. The van der Waals surface area contributed by atoms with Gasteiger partial charge in [0.1, 0.15) is 0 Å². The first-order valence-corrected chi connectivity index (χ1v) is 5.12. The van der Waals surface area contributed by atoms with Crippen LogP contribution in [0.3, 0.4) is 0 Å². The lowest BCUT2D eigenvalue weighted by Crippen LogP contribution is -2.12. The molecule has 4 nitrogen and oxygen atoms in total. The number of carbonyl (C=O) groups is 1. The second kappa shape index (κ2) is 5.51. The van der Waals surface area contributed by atoms with Crippen molar-refractivity contribution in [2.45, 2.75) is 20.8 Å². The first kappa shape index (κ1) is 12.5. The molecule has 1 amide bonds. The summed E-state index contributed by atoms with van der Waals surface area (Å²) in [7, 11) is 0. The molecule has 0 bridgehead atoms. The molecule has 1 aromatic rings. The lowest BCUT2D eigenvalue weighted by molar-refractivity contribution is 0.166. The highest BCUT2D eigenvalue weighted by molar-refractivity contribution is 6.30. The van der Waals surface area contributed by atoms with E-state index >= 15 is 0 Å². The van der Waals surface area contributed by atoms with E-state index in [9.17, 15) is 4.79 Å². The van der Waals surface area contributed by atoms with Gasteiger partial charge in [-0.1, -0.05) is 16.8 Å². The Labute approximate surface area is 99.2 Å². The highest BCUT2D eigenvalue weighted by atomic mass is 35.5. The predicted octanol–water partition coefficient (Wildman–Crippen LogP) is 3.59. The molecule has 0 radical (unpaired) electrons. The van der Waals surface area contributed by atoms with Gasteiger partial charge in [0.2, 0.25) is 0 Å². The van der Waals surface area contributed by atoms with E-state index in [0.717, 1.165) is 5.56 Å². The number of nitrogens with zero attached hydrogens (tertiary/aromatic N) is 1. The normalized spacial score (nSPS) is 9.50. The Morgan fingerprint density at radius 1 is 1.44 bits per heavy atom. The Kier molecular flexibility index (Phi) is 4.31. The zero-order valence-corrected chi connectivity index (χ0v) is 10.1. The largest absolute Gasteiger partial charge is 0.437 e. The SMILES string of the molecule is CC(C)=NOC(=O)Nc1ccc(Cl)cc1C. The van der Waals surface area contributed by atoms with Crippen LogP contribution in [0.1, 0.15) is 19.4 Å². The Bertz CT molecular complexity index is 426. The Morgan fingerprint density at radius 2 is 2.12 bits per heavy atom. The number of hydrogen-bond donors (Lipinski definition) is 1. The van der Waals surface area contributed by atoms with Crippen LogP contribution in [-0.2, 0) is 4.84 Å². The van der Waals surface area contributed by atoms with E-state index in [1.165, 1.54) is 0 Å². The van der Waals surface area contributed by atoms with Crippen molar-refractivity contribution in [3.05, 3.63) is 28.8 Å². The van der Waals surface area contributed by atoms with Crippen LogP contribution in [0.4, 0.5) is 10.5 Å². The van der Waals surface area contributed by atoms with E-state index < -0.39 is 6.09 Å². The van der Waals surface area contributed by atoms with Gasteiger partial charge in [0, 0.05) is 10.7 Å². The van der Waals surface area contributed by atoms with Crippen molar-refractivity contribution in [3.8, 4) is 0 Å². The predicted molar refractivity (Wildman–Crippen MR) is 65.1 cm³/mol. The number of anilines is 1. The number of rotatable bonds is 2. The zero-order valence-electron chi connectivity index (χ0n) is 9.37. The van der Waals surface area contributed by atoms with Gasteiger partial charge in [-0.25, -0.2) is 4.79 Å². The molecule has 1 rings (SSSR count). The first-order valence-electron chi connectivity index (χ1n) is 4.74. The van der Waals surface area contributed by atoms with Crippen LogP contribution < -0.4 is 5.32 Å². The summed E-state index contributed by atoms with van der Waals surface area (Å²) in [6, 6.07) is 5.16. The fourth-order valence-electron chi connectivity index (χ4n) is 1.03. The molecule has 0 aliphatic rings. The van der Waals surface area contributed by atoms with Gasteiger partial charge in [-0.05, 0) is 44.5 Å². The van der Waals surface area contributed by atoms with Crippen LogP contribution >= 0.6 is 11.6 Å². The Morgan fingerprint density at radius 3 is 2.69 bits per heavy atom. The smallest absolute Gasteiger partial charge is 0.298 e. The molecule has 0 aromatic heterocycles. The topological polar surface area (TPSA) is 50.7 Å². The molecule has 0 saturated carbocycles. The molecule has 0 unspecified atom stereocenters. The minimum absolute atomic E-state index is 0.619. The van der Waals surface area contributed by atoms with Crippen molar-refractivity contribution >= 4 is 29.1 Å². The third-order valence-electron chi connectivity index (χ3n) is 1.74. The molecule has 86 valence electrons. The van der Waals surface area contributed by atoms with Crippen LogP contribution in [0.15, 0.2) is 23.4 Å². The Hall–Kier alpha value is -1.55. The van der Waals surface area contributed by atoms with E-state index in [4.69, 9.17) is 11.6 Å². The van der Waals surface area contributed by atoms with E-state index in [2.05, 4.69) is 15.3 Å². The van der Waals surface area contributed by atoms with E-state index in [-0.39, 0.29) is 0 Å². The molecule has 0 atom stereocenters. The number of amides is 1. The number of oxime groups is 1. The standard InChI is InChI=1S/C11H13ClN2O2/c1-7(2)14-16-11(15)13-10-5-4-9(12)6-8(10)3/h4-6H,1-3H3,(H,13,15).